The lowest BCUT2D eigenvalue weighted by Gasteiger charge is -2.03. The molecule has 0 bridgehead atoms. The predicted octanol–water partition coefficient (Wildman–Crippen LogP) is 3.75. The Morgan fingerprint density at radius 3 is 2.70 bits per heavy atom. The zero-order chi connectivity index (χ0) is 16.4. The highest BCUT2D eigenvalue weighted by Gasteiger charge is 2.06. The highest BCUT2D eigenvalue weighted by molar-refractivity contribution is 9.10. The molecule has 0 saturated heterocycles. The van der Waals surface area contributed by atoms with Crippen molar-refractivity contribution in [2.75, 3.05) is 7.11 Å². The number of fused-ring (bicyclic) bond motifs is 1. The van der Waals surface area contributed by atoms with E-state index in [-0.39, 0.29) is 17.0 Å². The lowest BCUT2D eigenvalue weighted by molar-refractivity contribution is 0.414. The van der Waals surface area contributed by atoms with E-state index in [0.29, 0.717) is 22.3 Å². The molecule has 116 valence electrons. The third-order valence-corrected chi connectivity index (χ3v) is 3.83. The van der Waals surface area contributed by atoms with Crippen molar-refractivity contribution in [1.29, 1.82) is 0 Å². The van der Waals surface area contributed by atoms with Crippen LogP contribution in [-0.2, 0) is 0 Å². The molecule has 0 amide bonds. The summed E-state index contributed by atoms with van der Waals surface area (Å²) in [6.45, 7) is 0. The van der Waals surface area contributed by atoms with Crippen molar-refractivity contribution in [3.05, 3.63) is 68.5 Å². The van der Waals surface area contributed by atoms with E-state index in [9.17, 15) is 9.90 Å². The summed E-state index contributed by atoms with van der Waals surface area (Å²) in [5.41, 5.74) is 1.62. The summed E-state index contributed by atoms with van der Waals surface area (Å²) in [4.78, 5) is 19.1. The van der Waals surface area contributed by atoms with E-state index in [0.717, 1.165) is 4.47 Å². The van der Waals surface area contributed by atoms with Gasteiger partial charge in [0.05, 0.1) is 18.1 Å². The lowest BCUT2D eigenvalue weighted by Crippen LogP contribution is -2.12. The maximum absolute atomic E-state index is 12.1. The molecular formula is C17H13BrN2O3. The van der Waals surface area contributed by atoms with Gasteiger partial charge in [0.15, 0.2) is 0 Å². The second-order valence-electron chi connectivity index (χ2n) is 4.87. The van der Waals surface area contributed by atoms with Crippen LogP contribution in [0.15, 0.2) is 51.7 Å². The minimum atomic E-state index is -0.365. The average Bonchev–Trinajstić information content (AvgIpc) is 2.55. The molecule has 2 aromatic carbocycles. The number of nitrogens with one attached hydrogen (secondary N) is 1. The SMILES string of the molecule is COc1ccc(C(O)=Cc2nc3ccc(Br)cc3[nH]c2=O)cc1. The van der Waals surface area contributed by atoms with Crippen LogP contribution in [0, 0.1) is 0 Å². The van der Waals surface area contributed by atoms with Crippen LogP contribution in [0.25, 0.3) is 22.9 Å². The molecule has 1 aromatic heterocycles. The number of ether oxygens (including phenoxy) is 1. The second kappa shape index (κ2) is 6.26. The number of aromatic amines is 1. The number of hydrogen-bond donors (Lipinski definition) is 2. The number of nitrogens with zero attached hydrogens (tertiary/aromatic N) is 1. The molecule has 0 fully saturated rings. The fourth-order valence-corrected chi connectivity index (χ4v) is 2.51. The highest BCUT2D eigenvalue weighted by Crippen LogP contribution is 2.19. The summed E-state index contributed by atoms with van der Waals surface area (Å²) in [5.74, 6) is 0.649. The molecule has 0 unspecified atom stereocenters. The third-order valence-electron chi connectivity index (χ3n) is 3.34. The smallest absolute Gasteiger partial charge is 0.274 e. The van der Waals surface area contributed by atoms with Gasteiger partial charge in [-0.2, -0.15) is 0 Å². The van der Waals surface area contributed by atoms with Crippen LogP contribution in [0.5, 0.6) is 5.75 Å². The van der Waals surface area contributed by atoms with Gasteiger partial charge < -0.3 is 14.8 Å². The van der Waals surface area contributed by atoms with Crippen molar-refractivity contribution in [1.82, 2.24) is 9.97 Å². The second-order valence-corrected chi connectivity index (χ2v) is 5.79. The zero-order valence-electron chi connectivity index (χ0n) is 12.2. The number of halogens is 1. The number of aliphatic hydroxyl groups excluding tert-OH is 1. The van der Waals surface area contributed by atoms with E-state index in [1.807, 2.05) is 6.07 Å². The summed E-state index contributed by atoms with van der Waals surface area (Å²) in [6.07, 6.45) is 1.35. The average molecular weight is 373 g/mol. The molecule has 0 aliphatic carbocycles. The number of methoxy groups -OCH3 is 1. The molecule has 0 aliphatic heterocycles. The number of benzene rings is 2. The Bertz CT molecular complexity index is 946. The van der Waals surface area contributed by atoms with Crippen LogP contribution >= 0.6 is 15.9 Å². The normalized spacial score (nSPS) is 11.7. The lowest BCUT2D eigenvalue weighted by atomic mass is 10.1. The Morgan fingerprint density at radius 1 is 1.26 bits per heavy atom. The number of hydrogen-bond acceptors (Lipinski definition) is 4. The van der Waals surface area contributed by atoms with Crippen molar-refractivity contribution >= 4 is 38.8 Å². The van der Waals surface area contributed by atoms with Gasteiger partial charge in [-0.25, -0.2) is 4.98 Å². The molecule has 3 rings (SSSR count). The summed E-state index contributed by atoms with van der Waals surface area (Å²) in [7, 11) is 1.57. The molecular weight excluding hydrogens is 360 g/mol. The highest BCUT2D eigenvalue weighted by atomic mass is 79.9. The summed E-state index contributed by atoms with van der Waals surface area (Å²) >= 11 is 3.35. The zero-order valence-corrected chi connectivity index (χ0v) is 13.8. The first-order valence-corrected chi connectivity index (χ1v) is 7.61. The molecule has 1 heterocycles. The van der Waals surface area contributed by atoms with Crippen LogP contribution in [0.4, 0.5) is 0 Å². The Kier molecular flexibility index (Phi) is 4.16. The van der Waals surface area contributed by atoms with Crippen LogP contribution in [-0.4, -0.2) is 22.2 Å². The van der Waals surface area contributed by atoms with Gasteiger partial charge in [0.25, 0.3) is 5.56 Å². The molecule has 0 saturated carbocycles. The summed E-state index contributed by atoms with van der Waals surface area (Å²) < 4.78 is 5.93. The number of aliphatic hydroxyl groups is 1. The van der Waals surface area contributed by atoms with E-state index in [4.69, 9.17) is 4.74 Å². The predicted molar refractivity (Wildman–Crippen MR) is 93.6 cm³/mol. The maximum atomic E-state index is 12.1. The van der Waals surface area contributed by atoms with Crippen LogP contribution in [0.1, 0.15) is 11.3 Å². The fourth-order valence-electron chi connectivity index (χ4n) is 2.15. The quantitative estimate of drug-likeness (QED) is 0.686. The first-order valence-electron chi connectivity index (χ1n) is 6.81. The van der Waals surface area contributed by atoms with Crippen LogP contribution < -0.4 is 10.3 Å². The molecule has 0 atom stereocenters. The van der Waals surface area contributed by atoms with Gasteiger partial charge in [0.1, 0.15) is 17.2 Å². The first kappa shape index (κ1) is 15.3. The van der Waals surface area contributed by atoms with Crippen molar-refractivity contribution in [3.63, 3.8) is 0 Å². The maximum Gasteiger partial charge on any atom is 0.274 e. The van der Waals surface area contributed by atoms with Gasteiger partial charge in [-0.05, 0) is 42.5 Å². The van der Waals surface area contributed by atoms with Crippen LogP contribution in [0.3, 0.4) is 0 Å². The summed E-state index contributed by atoms with van der Waals surface area (Å²) in [5, 5.41) is 10.2. The first-order chi connectivity index (χ1) is 11.1. The molecule has 5 nitrogen and oxygen atoms in total. The molecule has 23 heavy (non-hydrogen) atoms. The number of rotatable bonds is 3. The molecule has 3 aromatic rings. The molecule has 0 aliphatic rings. The number of aromatic nitrogens is 2. The van der Waals surface area contributed by atoms with Crippen molar-refractivity contribution < 1.29 is 9.84 Å². The van der Waals surface area contributed by atoms with Gasteiger partial charge in [0, 0.05) is 16.1 Å². The minimum absolute atomic E-state index is 0.0397. The van der Waals surface area contributed by atoms with Gasteiger partial charge >= 0.3 is 0 Å². The van der Waals surface area contributed by atoms with E-state index >= 15 is 0 Å². The minimum Gasteiger partial charge on any atom is -0.507 e. The van der Waals surface area contributed by atoms with E-state index < -0.39 is 0 Å². The molecule has 0 spiro atoms. The summed E-state index contributed by atoms with van der Waals surface area (Å²) in [6, 6.07) is 12.3. The molecule has 6 heteroatoms. The Morgan fingerprint density at radius 2 is 2.00 bits per heavy atom. The molecule has 0 radical (unpaired) electrons. The Labute approximate surface area is 140 Å². The number of H-pyrrole nitrogens is 1. The van der Waals surface area contributed by atoms with Crippen molar-refractivity contribution in [2.45, 2.75) is 0 Å². The third kappa shape index (κ3) is 3.27. The van der Waals surface area contributed by atoms with E-state index in [1.54, 1.807) is 43.5 Å². The van der Waals surface area contributed by atoms with Crippen molar-refractivity contribution in [2.24, 2.45) is 0 Å². The Balaban J connectivity index is 2.03. The fraction of sp³-hybridized carbons (Fsp3) is 0.0588. The monoisotopic (exact) mass is 372 g/mol. The van der Waals surface area contributed by atoms with Crippen LogP contribution in [0.2, 0.25) is 0 Å². The largest absolute Gasteiger partial charge is 0.507 e. The van der Waals surface area contributed by atoms with Crippen molar-refractivity contribution in [3.8, 4) is 5.75 Å². The van der Waals surface area contributed by atoms with Gasteiger partial charge in [-0.3, -0.25) is 4.79 Å². The van der Waals surface area contributed by atoms with Gasteiger partial charge in [-0.1, -0.05) is 15.9 Å². The van der Waals surface area contributed by atoms with E-state index in [1.165, 1.54) is 6.08 Å². The van der Waals surface area contributed by atoms with E-state index in [2.05, 4.69) is 25.9 Å². The topological polar surface area (TPSA) is 75.2 Å². The molecule has 2 N–H and O–H groups in total. The Hall–Kier alpha value is -2.60. The standard InChI is InChI=1S/C17H13BrN2O3/c1-23-12-5-2-10(3-6-12)16(21)9-15-17(22)20-14-8-11(18)4-7-13(14)19-15/h2-9,21H,1H3,(H,20,22). The van der Waals surface area contributed by atoms with Gasteiger partial charge in [-0.15, -0.1) is 0 Å². The van der Waals surface area contributed by atoms with Gasteiger partial charge in [0.2, 0.25) is 0 Å².